The van der Waals surface area contributed by atoms with Crippen LogP contribution in [-0.4, -0.2) is 0 Å². The molecule has 2 aromatic carbocycles. The van der Waals surface area contributed by atoms with Crippen LogP contribution in [0.2, 0.25) is 5.02 Å². The van der Waals surface area contributed by atoms with Crippen LogP contribution in [0.3, 0.4) is 0 Å². The summed E-state index contributed by atoms with van der Waals surface area (Å²) in [7, 11) is 0. The minimum atomic E-state index is 0.887. The summed E-state index contributed by atoms with van der Waals surface area (Å²) < 4.78 is 0. The molecule has 0 atom stereocenters. The molecule has 1 aliphatic rings. The molecule has 0 N–H and O–H groups in total. The van der Waals surface area contributed by atoms with Gasteiger partial charge in [0, 0.05) is 5.02 Å². The normalized spacial score (nSPS) is 12.4. The quantitative estimate of drug-likeness (QED) is 0.584. The molecule has 0 fully saturated rings. The third kappa shape index (κ3) is 2.30. The Hall–Kier alpha value is -1.27. The van der Waals surface area contributed by atoms with Gasteiger partial charge in [-0.05, 0) is 71.7 Å². The third-order valence-electron chi connectivity index (χ3n) is 4.05. The van der Waals surface area contributed by atoms with Crippen LogP contribution in [-0.2, 0) is 12.8 Å². The minimum absolute atomic E-state index is 0.887. The van der Waals surface area contributed by atoms with E-state index in [9.17, 15) is 0 Å². The number of fused-ring (bicyclic) bond motifs is 3. The highest BCUT2D eigenvalue weighted by molar-refractivity contribution is 6.31. The first-order valence-electron chi connectivity index (χ1n) is 7.10. The molecule has 0 amide bonds. The van der Waals surface area contributed by atoms with E-state index in [0.717, 1.165) is 11.4 Å². The highest BCUT2D eigenvalue weighted by Crippen LogP contribution is 2.39. The molecule has 0 bridgehead atoms. The molecule has 0 nitrogen and oxygen atoms in total. The Balaban J connectivity index is 2.03. The largest absolute Gasteiger partial charge is 0.0840 e. The lowest BCUT2D eigenvalue weighted by molar-refractivity contribution is 0.795. The zero-order valence-electron chi connectivity index (χ0n) is 11.6. The third-order valence-corrected chi connectivity index (χ3v) is 4.46. The fourth-order valence-corrected chi connectivity index (χ4v) is 3.08. The van der Waals surface area contributed by atoms with E-state index in [0.29, 0.717) is 0 Å². The monoisotopic (exact) mass is 270 g/mol. The summed E-state index contributed by atoms with van der Waals surface area (Å²) in [5.74, 6) is 0. The van der Waals surface area contributed by atoms with Gasteiger partial charge in [-0.25, -0.2) is 0 Å². The summed E-state index contributed by atoms with van der Waals surface area (Å²) in [5.41, 5.74) is 8.25. The number of hydrogen-bond acceptors (Lipinski definition) is 0. The van der Waals surface area contributed by atoms with E-state index in [2.05, 4.69) is 44.2 Å². The SMILES string of the molecule is CCCCc1ccc2c(c1)-c1cc(C)c(Cl)cc1C2. The van der Waals surface area contributed by atoms with Crippen molar-refractivity contribution in [1.82, 2.24) is 0 Å². The molecule has 0 spiro atoms. The highest BCUT2D eigenvalue weighted by Gasteiger charge is 2.19. The molecule has 0 aromatic heterocycles. The van der Waals surface area contributed by atoms with Crippen molar-refractivity contribution in [2.75, 3.05) is 0 Å². The minimum Gasteiger partial charge on any atom is -0.0840 e. The van der Waals surface area contributed by atoms with Crippen molar-refractivity contribution in [3.05, 3.63) is 57.6 Å². The fraction of sp³-hybridized carbons (Fsp3) is 0.333. The number of aryl methyl sites for hydroxylation is 2. The zero-order valence-corrected chi connectivity index (χ0v) is 12.3. The van der Waals surface area contributed by atoms with E-state index in [4.69, 9.17) is 11.6 Å². The molecule has 0 heterocycles. The van der Waals surface area contributed by atoms with Gasteiger partial charge in [0.05, 0.1) is 0 Å². The molecular weight excluding hydrogens is 252 g/mol. The lowest BCUT2D eigenvalue weighted by Crippen LogP contribution is -1.87. The van der Waals surface area contributed by atoms with Crippen LogP contribution in [0.15, 0.2) is 30.3 Å². The molecule has 0 saturated carbocycles. The standard InChI is InChI=1S/C18H19Cl/c1-3-4-5-13-6-7-14-10-15-11-18(19)12(2)8-16(15)17(14)9-13/h6-9,11H,3-5,10H2,1-2H3. The Bertz CT molecular complexity index is 626. The van der Waals surface area contributed by atoms with Gasteiger partial charge >= 0.3 is 0 Å². The fourth-order valence-electron chi connectivity index (χ4n) is 2.89. The van der Waals surface area contributed by atoms with Crippen LogP contribution in [0, 0.1) is 6.92 Å². The van der Waals surface area contributed by atoms with Gasteiger partial charge < -0.3 is 0 Å². The van der Waals surface area contributed by atoms with E-state index < -0.39 is 0 Å². The first-order chi connectivity index (χ1) is 9.19. The second-order valence-electron chi connectivity index (χ2n) is 5.53. The van der Waals surface area contributed by atoms with Crippen LogP contribution in [0.25, 0.3) is 11.1 Å². The molecule has 0 radical (unpaired) electrons. The Morgan fingerprint density at radius 2 is 1.84 bits per heavy atom. The van der Waals surface area contributed by atoms with Crippen LogP contribution in [0.5, 0.6) is 0 Å². The second-order valence-corrected chi connectivity index (χ2v) is 5.94. The van der Waals surface area contributed by atoms with Crippen molar-refractivity contribution in [1.29, 1.82) is 0 Å². The predicted octanol–water partition coefficient (Wildman–Crippen LogP) is 5.56. The van der Waals surface area contributed by atoms with E-state index in [-0.39, 0.29) is 0 Å². The first kappa shape index (κ1) is 12.7. The summed E-state index contributed by atoms with van der Waals surface area (Å²) in [4.78, 5) is 0. The average molecular weight is 271 g/mol. The van der Waals surface area contributed by atoms with Crippen molar-refractivity contribution in [2.24, 2.45) is 0 Å². The molecule has 1 aliphatic carbocycles. The first-order valence-corrected chi connectivity index (χ1v) is 7.48. The Labute approximate surface area is 120 Å². The maximum Gasteiger partial charge on any atom is 0.0438 e. The number of halogens is 1. The van der Waals surface area contributed by atoms with Crippen molar-refractivity contribution in [2.45, 2.75) is 39.5 Å². The molecule has 2 aromatic rings. The summed E-state index contributed by atoms with van der Waals surface area (Å²) in [6.45, 7) is 4.33. The van der Waals surface area contributed by atoms with E-state index >= 15 is 0 Å². The van der Waals surface area contributed by atoms with Crippen LogP contribution >= 0.6 is 11.6 Å². The van der Waals surface area contributed by atoms with Gasteiger partial charge in [0.2, 0.25) is 0 Å². The van der Waals surface area contributed by atoms with Crippen molar-refractivity contribution in [3.63, 3.8) is 0 Å². The second kappa shape index (κ2) is 5.02. The van der Waals surface area contributed by atoms with Crippen molar-refractivity contribution < 1.29 is 0 Å². The zero-order chi connectivity index (χ0) is 13.4. The van der Waals surface area contributed by atoms with Gasteiger partial charge in [0.25, 0.3) is 0 Å². The van der Waals surface area contributed by atoms with Crippen molar-refractivity contribution >= 4 is 11.6 Å². The molecule has 19 heavy (non-hydrogen) atoms. The predicted molar refractivity (Wildman–Crippen MR) is 83.0 cm³/mol. The van der Waals surface area contributed by atoms with Crippen LogP contribution in [0.1, 0.15) is 42.0 Å². The van der Waals surface area contributed by atoms with Crippen LogP contribution in [0.4, 0.5) is 0 Å². The molecule has 0 aliphatic heterocycles. The summed E-state index contributed by atoms with van der Waals surface area (Å²) in [6, 6.07) is 11.3. The van der Waals surface area contributed by atoms with E-state index in [1.807, 2.05) is 0 Å². The van der Waals surface area contributed by atoms with Gasteiger partial charge in [0.15, 0.2) is 0 Å². The van der Waals surface area contributed by atoms with Crippen LogP contribution < -0.4 is 0 Å². The van der Waals surface area contributed by atoms with Gasteiger partial charge in [-0.3, -0.25) is 0 Å². The number of rotatable bonds is 3. The van der Waals surface area contributed by atoms with Gasteiger partial charge in [-0.1, -0.05) is 43.1 Å². The topological polar surface area (TPSA) is 0 Å². The lowest BCUT2D eigenvalue weighted by Gasteiger charge is -2.07. The van der Waals surface area contributed by atoms with Gasteiger partial charge in [0.1, 0.15) is 0 Å². The molecule has 3 rings (SSSR count). The molecular formula is C18H19Cl. The van der Waals surface area contributed by atoms with Gasteiger partial charge in [-0.15, -0.1) is 0 Å². The maximum atomic E-state index is 6.24. The molecule has 0 unspecified atom stereocenters. The number of benzene rings is 2. The van der Waals surface area contributed by atoms with Gasteiger partial charge in [-0.2, -0.15) is 0 Å². The molecule has 98 valence electrons. The van der Waals surface area contributed by atoms with Crippen molar-refractivity contribution in [3.8, 4) is 11.1 Å². The summed E-state index contributed by atoms with van der Waals surface area (Å²) in [5, 5.41) is 0.887. The summed E-state index contributed by atoms with van der Waals surface area (Å²) >= 11 is 6.24. The Morgan fingerprint density at radius 3 is 2.63 bits per heavy atom. The lowest BCUT2D eigenvalue weighted by atomic mass is 9.99. The molecule has 1 heteroatoms. The molecule has 0 saturated heterocycles. The van der Waals surface area contributed by atoms with E-state index in [1.165, 1.54) is 52.6 Å². The Kier molecular flexibility index (Phi) is 3.36. The maximum absolute atomic E-state index is 6.24. The summed E-state index contributed by atoms with van der Waals surface area (Å²) in [6.07, 6.45) is 4.73. The smallest absolute Gasteiger partial charge is 0.0438 e. The highest BCUT2D eigenvalue weighted by atomic mass is 35.5. The average Bonchev–Trinajstić information content (AvgIpc) is 2.74. The Morgan fingerprint density at radius 1 is 1.05 bits per heavy atom. The number of hydrogen-bond donors (Lipinski definition) is 0. The number of unbranched alkanes of at least 4 members (excludes halogenated alkanes) is 1. The van der Waals surface area contributed by atoms with E-state index in [1.54, 1.807) is 0 Å².